The van der Waals surface area contributed by atoms with E-state index in [-0.39, 0.29) is 42.0 Å². The van der Waals surface area contributed by atoms with Gasteiger partial charge in [0.05, 0.1) is 12.6 Å². The summed E-state index contributed by atoms with van der Waals surface area (Å²) in [6.45, 7) is 12.3. The fraction of sp³-hybridized carbons (Fsp3) is 0.889. The summed E-state index contributed by atoms with van der Waals surface area (Å²) in [5, 5.41) is 0. The zero-order valence-electron chi connectivity index (χ0n) is 16.6. The largest absolute Gasteiger partial charge is 0.339 e. The van der Waals surface area contributed by atoms with Crippen LogP contribution in [0.25, 0.3) is 0 Å². The number of nitrogens with zero attached hydrogens (tertiary/aromatic N) is 3. The highest BCUT2D eigenvalue weighted by molar-refractivity contribution is 5.85. The molecule has 2 N–H and O–H groups in total. The van der Waals surface area contributed by atoms with Gasteiger partial charge in [0.1, 0.15) is 0 Å². The quantitative estimate of drug-likeness (QED) is 0.768. The van der Waals surface area contributed by atoms with Crippen LogP contribution < -0.4 is 5.73 Å². The second-order valence-electron chi connectivity index (χ2n) is 8.38. The first-order chi connectivity index (χ1) is 11.2. The van der Waals surface area contributed by atoms with Crippen LogP contribution in [0, 0.1) is 5.41 Å². The molecule has 2 fully saturated rings. The highest BCUT2D eigenvalue weighted by atomic mass is 35.5. The van der Waals surface area contributed by atoms with E-state index in [9.17, 15) is 9.59 Å². The van der Waals surface area contributed by atoms with Crippen LogP contribution in [0.5, 0.6) is 0 Å². The molecule has 0 spiro atoms. The number of carbonyl (C=O) groups is 2. The average molecular weight is 411 g/mol. The first kappa shape index (κ1) is 25.4. The summed E-state index contributed by atoms with van der Waals surface area (Å²) in [5.41, 5.74) is 5.86. The van der Waals surface area contributed by atoms with Gasteiger partial charge in [-0.25, -0.2) is 0 Å². The highest BCUT2D eigenvalue weighted by Gasteiger charge is 2.33. The summed E-state index contributed by atoms with van der Waals surface area (Å²) < 4.78 is 0. The molecule has 2 amide bonds. The lowest BCUT2D eigenvalue weighted by atomic mass is 9.86. The Balaban J connectivity index is 0.00000312. The van der Waals surface area contributed by atoms with E-state index in [0.29, 0.717) is 25.7 Å². The summed E-state index contributed by atoms with van der Waals surface area (Å²) in [6, 6.07) is -0.112. The first-order valence-electron chi connectivity index (χ1n) is 9.26. The molecule has 6 nitrogen and oxygen atoms in total. The Morgan fingerprint density at radius 2 is 1.62 bits per heavy atom. The van der Waals surface area contributed by atoms with Crippen molar-refractivity contribution in [2.24, 2.45) is 11.1 Å². The zero-order valence-corrected chi connectivity index (χ0v) is 18.2. The van der Waals surface area contributed by atoms with Crippen molar-refractivity contribution in [3.8, 4) is 0 Å². The third kappa shape index (κ3) is 6.55. The van der Waals surface area contributed by atoms with Crippen molar-refractivity contribution in [3.63, 3.8) is 0 Å². The lowest BCUT2D eigenvalue weighted by Crippen LogP contribution is -2.57. The van der Waals surface area contributed by atoms with Crippen LogP contribution in [-0.4, -0.2) is 77.9 Å². The minimum absolute atomic E-state index is 0. The fourth-order valence-electron chi connectivity index (χ4n) is 3.44. The standard InChI is InChI=1S/C18H34N4O2.2ClH/c1-14-7-5-6-8-22(14)15(23)13-20-9-11-21(12-10-20)17(24)16(19)18(2,3)4;;/h14,16H,5-13,19H2,1-4H3;2*1H/t14?,16-;;/m1../s1. The molecule has 0 bridgehead atoms. The summed E-state index contributed by atoms with van der Waals surface area (Å²) in [5.74, 6) is 0.256. The number of likely N-dealkylation sites (tertiary alicyclic amines) is 1. The van der Waals surface area contributed by atoms with E-state index >= 15 is 0 Å². The van der Waals surface area contributed by atoms with Gasteiger partial charge in [-0.2, -0.15) is 0 Å². The molecule has 0 aromatic carbocycles. The average Bonchev–Trinajstić information content (AvgIpc) is 2.53. The van der Waals surface area contributed by atoms with E-state index < -0.39 is 6.04 Å². The first-order valence-corrected chi connectivity index (χ1v) is 9.26. The zero-order chi connectivity index (χ0) is 17.9. The Labute approximate surface area is 170 Å². The number of rotatable bonds is 3. The minimum atomic E-state index is -0.472. The SMILES string of the molecule is CC1CCCCN1C(=O)CN1CCN(C(=O)[C@@H](N)C(C)(C)C)CC1.Cl.Cl. The Hall–Kier alpha value is -0.560. The van der Waals surface area contributed by atoms with Gasteiger partial charge in [-0.1, -0.05) is 20.8 Å². The molecule has 0 aliphatic carbocycles. The minimum Gasteiger partial charge on any atom is -0.339 e. The Morgan fingerprint density at radius 3 is 2.12 bits per heavy atom. The van der Waals surface area contributed by atoms with Crippen molar-refractivity contribution >= 4 is 36.6 Å². The van der Waals surface area contributed by atoms with Crippen molar-refractivity contribution in [2.75, 3.05) is 39.3 Å². The molecule has 2 saturated heterocycles. The molecule has 2 rings (SSSR count). The number of nitrogens with two attached hydrogens (primary N) is 1. The maximum absolute atomic E-state index is 12.5. The van der Waals surface area contributed by atoms with E-state index in [1.165, 1.54) is 6.42 Å². The Morgan fingerprint density at radius 1 is 1.04 bits per heavy atom. The van der Waals surface area contributed by atoms with Gasteiger partial charge in [-0.05, 0) is 31.6 Å². The monoisotopic (exact) mass is 410 g/mol. The van der Waals surface area contributed by atoms with Gasteiger partial charge in [0.15, 0.2) is 0 Å². The number of piperazine rings is 1. The molecule has 8 heteroatoms. The normalized spacial score (nSPS) is 22.9. The van der Waals surface area contributed by atoms with Gasteiger partial charge in [-0.3, -0.25) is 14.5 Å². The van der Waals surface area contributed by atoms with Crippen LogP contribution in [0.1, 0.15) is 47.0 Å². The number of carbonyl (C=O) groups excluding carboxylic acids is 2. The molecule has 2 aliphatic heterocycles. The van der Waals surface area contributed by atoms with Crippen LogP contribution in [0.2, 0.25) is 0 Å². The van der Waals surface area contributed by atoms with Gasteiger partial charge in [-0.15, -0.1) is 24.8 Å². The van der Waals surface area contributed by atoms with E-state index in [2.05, 4.69) is 11.8 Å². The second kappa shape index (κ2) is 10.7. The molecule has 0 aromatic heterocycles. The molecule has 0 aromatic rings. The molecular weight excluding hydrogens is 375 g/mol. The number of halogens is 2. The molecule has 1 unspecified atom stereocenters. The molecular formula is C18H36Cl2N4O2. The van der Waals surface area contributed by atoms with Gasteiger partial charge < -0.3 is 15.5 Å². The second-order valence-corrected chi connectivity index (χ2v) is 8.38. The van der Waals surface area contributed by atoms with Crippen LogP contribution in [0.4, 0.5) is 0 Å². The van der Waals surface area contributed by atoms with Crippen LogP contribution in [0.3, 0.4) is 0 Å². The van der Waals surface area contributed by atoms with E-state index in [4.69, 9.17) is 5.73 Å². The number of piperidine rings is 1. The lowest BCUT2D eigenvalue weighted by Gasteiger charge is -2.39. The maximum Gasteiger partial charge on any atom is 0.240 e. The van der Waals surface area contributed by atoms with Gasteiger partial charge >= 0.3 is 0 Å². The summed E-state index contributed by atoms with van der Waals surface area (Å²) in [6.07, 6.45) is 3.45. The summed E-state index contributed by atoms with van der Waals surface area (Å²) in [4.78, 5) is 31.0. The lowest BCUT2D eigenvalue weighted by molar-refractivity contribution is -0.138. The highest BCUT2D eigenvalue weighted by Crippen LogP contribution is 2.20. The van der Waals surface area contributed by atoms with Crippen LogP contribution >= 0.6 is 24.8 Å². The molecule has 2 aliphatic rings. The fourth-order valence-corrected chi connectivity index (χ4v) is 3.44. The van der Waals surface area contributed by atoms with E-state index in [1.54, 1.807) is 0 Å². The smallest absolute Gasteiger partial charge is 0.240 e. The third-order valence-electron chi connectivity index (χ3n) is 5.37. The predicted molar refractivity (Wildman–Crippen MR) is 110 cm³/mol. The van der Waals surface area contributed by atoms with Crippen molar-refractivity contribution < 1.29 is 9.59 Å². The van der Waals surface area contributed by atoms with Crippen LogP contribution in [-0.2, 0) is 9.59 Å². The summed E-state index contributed by atoms with van der Waals surface area (Å²) in [7, 11) is 0. The maximum atomic E-state index is 12.5. The molecule has 0 saturated carbocycles. The number of amides is 2. The Bertz CT molecular complexity index is 463. The van der Waals surface area contributed by atoms with Gasteiger partial charge in [0.25, 0.3) is 0 Å². The molecule has 154 valence electrons. The molecule has 2 atom stereocenters. The Kier molecular flexibility index (Phi) is 10.5. The van der Waals surface area contributed by atoms with Crippen molar-refractivity contribution in [3.05, 3.63) is 0 Å². The molecule has 2 heterocycles. The number of hydrogen-bond donors (Lipinski definition) is 1. The van der Waals surface area contributed by atoms with Crippen LogP contribution in [0.15, 0.2) is 0 Å². The topological polar surface area (TPSA) is 69.9 Å². The van der Waals surface area contributed by atoms with E-state index in [1.807, 2.05) is 30.6 Å². The number of hydrogen-bond acceptors (Lipinski definition) is 4. The molecule has 26 heavy (non-hydrogen) atoms. The predicted octanol–water partition coefficient (Wildman–Crippen LogP) is 1.75. The van der Waals surface area contributed by atoms with Crippen molar-refractivity contribution in [2.45, 2.75) is 59.0 Å². The van der Waals surface area contributed by atoms with Gasteiger partial charge in [0, 0.05) is 38.8 Å². The van der Waals surface area contributed by atoms with E-state index in [0.717, 1.165) is 32.5 Å². The van der Waals surface area contributed by atoms with Gasteiger partial charge in [0.2, 0.25) is 11.8 Å². The summed E-state index contributed by atoms with van der Waals surface area (Å²) >= 11 is 0. The third-order valence-corrected chi connectivity index (χ3v) is 5.37. The van der Waals surface area contributed by atoms with Crippen molar-refractivity contribution in [1.82, 2.24) is 14.7 Å². The van der Waals surface area contributed by atoms with Crippen molar-refractivity contribution in [1.29, 1.82) is 0 Å². The molecule has 0 radical (unpaired) electrons.